The molecule has 0 aliphatic carbocycles. The molecule has 1 amide bonds. The van der Waals surface area contributed by atoms with Crippen molar-refractivity contribution >= 4 is 5.91 Å². The van der Waals surface area contributed by atoms with Gasteiger partial charge in [0.2, 0.25) is 0 Å². The zero-order chi connectivity index (χ0) is 14.3. The number of carbonyl (C=O) groups is 1. The summed E-state index contributed by atoms with van der Waals surface area (Å²) in [6.07, 6.45) is -2.96. The van der Waals surface area contributed by atoms with Gasteiger partial charge in [-0.05, 0) is 24.2 Å². The van der Waals surface area contributed by atoms with Gasteiger partial charge in [0.05, 0.1) is 0 Å². The first-order valence-corrected chi connectivity index (χ1v) is 6.43. The van der Waals surface area contributed by atoms with E-state index in [0.717, 1.165) is 30.8 Å². The summed E-state index contributed by atoms with van der Waals surface area (Å²) in [5.41, 5.74) is 1.93. The lowest BCUT2D eigenvalue weighted by Crippen LogP contribution is -2.30. The average Bonchev–Trinajstić information content (AvgIpc) is 2.42. The van der Waals surface area contributed by atoms with Crippen LogP contribution >= 0.6 is 0 Å². The summed E-state index contributed by atoms with van der Waals surface area (Å²) >= 11 is 0. The first-order valence-electron chi connectivity index (χ1n) is 6.43. The highest BCUT2D eigenvalue weighted by molar-refractivity contribution is 5.79. The third-order valence-electron chi connectivity index (χ3n) is 3.06. The average molecular weight is 270 g/mol. The summed E-state index contributed by atoms with van der Waals surface area (Å²) in [4.78, 5) is 13.1. The lowest BCUT2D eigenvalue weighted by molar-refractivity contribution is -0.131. The number of rotatable bonds is 7. The van der Waals surface area contributed by atoms with Crippen molar-refractivity contribution in [2.75, 3.05) is 13.1 Å². The van der Waals surface area contributed by atoms with Gasteiger partial charge in [-0.3, -0.25) is 9.69 Å². The van der Waals surface area contributed by atoms with Crippen LogP contribution in [-0.4, -0.2) is 30.3 Å². The molecule has 0 saturated heterocycles. The topological polar surface area (TPSA) is 32.3 Å². The van der Waals surface area contributed by atoms with Crippen LogP contribution in [0, 0.1) is 0 Å². The fraction of sp³-hybridized carbons (Fsp3) is 0.500. The highest BCUT2D eigenvalue weighted by Crippen LogP contribution is 2.12. The first kappa shape index (κ1) is 15.6. The van der Waals surface area contributed by atoms with Gasteiger partial charge in [-0.2, -0.15) is 8.78 Å². The smallest absolute Gasteiger partial charge is 0.315 e. The molecule has 0 fully saturated rings. The number of hydrogen-bond acceptors (Lipinski definition) is 2. The Kier molecular flexibility index (Phi) is 6.42. The molecule has 0 bridgehead atoms. The zero-order valence-corrected chi connectivity index (χ0v) is 11.3. The Morgan fingerprint density at radius 2 is 1.79 bits per heavy atom. The number of alkyl halides is 2. The quantitative estimate of drug-likeness (QED) is 0.825. The van der Waals surface area contributed by atoms with Crippen molar-refractivity contribution in [2.24, 2.45) is 0 Å². The molecule has 0 aromatic heterocycles. The van der Waals surface area contributed by atoms with Crippen molar-refractivity contribution in [1.82, 2.24) is 10.2 Å². The molecule has 0 aliphatic heterocycles. The predicted molar refractivity (Wildman–Crippen MR) is 70.9 cm³/mol. The van der Waals surface area contributed by atoms with E-state index < -0.39 is 12.3 Å². The van der Waals surface area contributed by atoms with Gasteiger partial charge in [-0.15, -0.1) is 0 Å². The third-order valence-corrected chi connectivity index (χ3v) is 3.06. The molecule has 0 aliphatic rings. The Morgan fingerprint density at radius 3 is 2.32 bits per heavy atom. The summed E-state index contributed by atoms with van der Waals surface area (Å²) in [6.45, 7) is 6.90. The van der Waals surface area contributed by atoms with Crippen molar-refractivity contribution in [2.45, 2.75) is 33.4 Å². The van der Waals surface area contributed by atoms with Gasteiger partial charge < -0.3 is 5.32 Å². The molecule has 1 aromatic carbocycles. The summed E-state index contributed by atoms with van der Waals surface area (Å²) < 4.78 is 24.3. The summed E-state index contributed by atoms with van der Waals surface area (Å²) in [5, 5.41) is 2.24. The molecular weight excluding hydrogens is 250 g/mol. The maximum Gasteiger partial charge on any atom is 0.315 e. The minimum absolute atomic E-state index is 0.139. The van der Waals surface area contributed by atoms with Crippen molar-refractivity contribution in [1.29, 1.82) is 0 Å². The first-order chi connectivity index (χ1) is 9.08. The second kappa shape index (κ2) is 7.84. The van der Waals surface area contributed by atoms with Gasteiger partial charge in [-0.1, -0.05) is 38.1 Å². The summed E-state index contributed by atoms with van der Waals surface area (Å²) in [7, 11) is 0. The molecular formula is C14H20F2N2O. The summed E-state index contributed by atoms with van der Waals surface area (Å²) in [5.74, 6) is -1.22. The number of amides is 1. The SMILES string of the molecule is CCN(CC)Cc1ccccc1CNC(=O)C(F)F. The number of hydrogen-bond donors (Lipinski definition) is 1. The molecule has 106 valence electrons. The van der Waals surface area contributed by atoms with Crippen molar-refractivity contribution in [3.63, 3.8) is 0 Å². The fourth-order valence-corrected chi connectivity index (χ4v) is 1.83. The molecule has 19 heavy (non-hydrogen) atoms. The van der Waals surface area contributed by atoms with Crippen LogP contribution in [0.15, 0.2) is 24.3 Å². The molecule has 3 nitrogen and oxygen atoms in total. The van der Waals surface area contributed by atoms with E-state index in [1.54, 1.807) is 0 Å². The normalized spacial score (nSPS) is 11.1. The number of nitrogens with one attached hydrogen (secondary N) is 1. The van der Waals surface area contributed by atoms with Crippen LogP contribution in [0.4, 0.5) is 8.78 Å². The van der Waals surface area contributed by atoms with Crippen LogP contribution in [0.2, 0.25) is 0 Å². The van der Waals surface area contributed by atoms with Crippen LogP contribution in [0.5, 0.6) is 0 Å². The lowest BCUT2D eigenvalue weighted by atomic mass is 10.1. The molecule has 0 radical (unpaired) electrons. The molecule has 5 heteroatoms. The van der Waals surface area contributed by atoms with Crippen LogP contribution in [0.25, 0.3) is 0 Å². The minimum atomic E-state index is -2.96. The van der Waals surface area contributed by atoms with E-state index in [2.05, 4.69) is 24.1 Å². The Bertz CT molecular complexity index is 406. The van der Waals surface area contributed by atoms with Gasteiger partial charge >= 0.3 is 6.43 Å². The summed E-state index contributed by atoms with van der Waals surface area (Å²) in [6, 6.07) is 7.57. The van der Waals surface area contributed by atoms with E-state index in [1.165, 1.54) is 0 Å². The maximum atomic E-state index is 12.1. The second-order valence-corrected chi connectivity index (χ2v) is 4.25. The zero-order valence-electron chi connectivity index (χ0n) is 11.3. The maximum absolute atomic E-state index is 12.1. The van der Waals surface area contributed by atoms with Crippen LogP contribution < -0.4 is 5.32 Å². The Balaban J connectivity index is 2.70. The van der Waals surface area contributed by atoms with Gasteiger partial charge in [0, 0.05) is 13.1 Å². The molecule has 0 spiro atoms. The molecule has 0 heterocycles. The second-order valence-electron chi connectivity index (χ2n) is 4.25. The predicted octanol–water partition coefficient (Wildman–Crippen LogP) is 2.41. The standard InChI is InChI=1S/C14H20F2N2O/c1-3-18(4-2)10-12-8-6-5-7-11(12)9-17-14(19)13(15)16/h5-8,13H,3-4,9-10H2,1-2H3,(H,17,19). The monoisotopic (exact) mass is 270 g/mol. The van der Waals surface area contributed by atoms with E-state index in [9.17, 15) is 13.6 Å². The van der Waals surface area contributed by atoms with Crippen molar-refractivity contribution in [3.05, 3.63) is 35.4 Å². The third kappa shape index (κ3) is 4.95. The molecule has 1 rings (SSSR count). The molecule has 0 unspecified atom stereocenters. The van der Waals surface area contributed by atoms with Gasteiger partial charge in [0.25, 0.3) is 5.91 Å². The highest BCUT2D eigenvalue weighted by Gasteiger charge is 2.15. The van der Waals surface area contributed by atoms with E-state index in [1.807, 2.05) is 24.3 Å². The molecule has 1 aromatic rings. The van der Waals surface area contributed by atoms with Crippen LogP contribution in [-0.2, 0) is 17.9 Å². The van der Waals surface area contributed by atoms with E-state index in [0.29, 0.717) is 0 Å². The van der Waals surface area contributed by atoms with Crippen molar-refractivity contribution < 1.29 is 13.6 Å². The number of benzene rings is 1. The molecule has 1 N–H and O–H groups in total. The number of halogens is 2. The van der Waals surface area contributed by atoms with E-state index >= 15 is 0 Å². The van der Waals surface area contributed by atoms with Gasteiger partial charge in [0.1, 0.15) is 0 Å². The molecule has 0 saturated carbocycles. The number of nitrogens with zero attached hydrogens (tertiary/aromatic N) is 1. The lowest BCUT2D eigenvalue weighted by Gasteiger charge is -2.20. The van der Waals surface area contributed by atoms with E-state index in [-0.39, 0.29) is 6.54 Å². The largest absolute Gasteiger partial charge is 0.347 e. The van der Waals surface area contributed by atoms with Crippen molar-refractivity contribution in [3.8, 4) is 0 Å². The Labute approximate surface area is 112 Å². The van der Waals surface area contributed by atoms with E-state index in [4.69, 9.17) is 0 Å². The number of carbonyl (C=O) groups excluding carboxylic acids is 1. The Hall–Kier alpha value is -1.49. The van der Waals surface area contributed by atoms with Gasteiger partial charge in [-0.25, -0.2) is 0 Å². The fourth-order valence-electron chi connectivity index (χ4n) is 1.83. The van der Waals surface area contributed by atoms with Crippen LogP contribution in [0.3, 0.4) is 0 Å². The highest BCUT2D eigenvalue weighted by atomic mass is 19.3. The minimum Gasteiger partial charge on any atom is -0.347 e. The molecule has 0 atom stereocenters. The Morgan fingerprint density at radius 1 is 1.21 bits per heavy atom. The van der Waals surface area contributed by atoms with Gasteiger partial charge in [0.15, 0.2) is 0 Å². The van der Waals surface area contributed by atoms with Crippen LogP contribution in [0.1, 0.15) is 25.0 Å².